The summed E-state index contributed by atoms with van der Waals surface area (Å²) in [6, 6.07) is 10.9. The largest absolute Gasteiger partial charge is 0.315 e. The molecule has 2 atom stereocenters. The first-order chi connectivity index (χ1) is 23.1. The second kappa shape index (κ2) is 14.7. The van der Waals surface area contributed by atoms with Gasteiger partial charge in [-0.15, -0.1) is 5.10 Å². The summed E-state index contributed by atoms with van der Waals surface area (Å²) in [5.74, 6) is -1.00. The van der Waals surface area contributed by atoms with Gasteiger partial charge in [-0.3, -0.25) is 20.0 Å². The predicted octanol–water partition coefficient (Wildman–Crippen LogP) is 4.09. The highest BCUT2D eigenvalue weighted by molar-refractivity contribution is 7.91. The number of sulfonamides is 2. The smallest absolute Gasteiger partial charge is 0.249 e. The van der Waals surface area contributed by atoms with Crippen LogP contribution in [0.3, 0.4) is 0 Å². The minimum Gasteiger partial charge on any atom is -0.315 e. The van der Waals surface area contributed by atoms with Crippen molar-refractivity contribution < 1.29 is 35.2 Å². The third kappa shape index (κ3) is 8.38. The molecule has 0 bridgehead atoms. The van der Waals surface area contributed by atoms with Gasteiger partial charge in [0.25, 0.3) is 0 Å². The van der Waals surface area contributed by atoms with Gasteiger partial charge in [0.05, 0.1) is 5.69 Å². The number of nitrogens with zero attached hydrogens (tertiary/aromatic N) is 5. The van der Waals surface area contributed by atoms with Crippen LogP contribution in [-0.2, 0) is 35.1 Å². The molecule has 2 saturated heterocycles. The predicted molar refractivity (Wildman–Crippen MR) is 188 cm³/mol. The quantitative estimate of drug-likeness (QED) is 0.289. The van der Waals surface area contributed by atoms with Crippen molar-refractivity contribution in [1.82, 2.24) is 28.2 Å². The van der Waals surface area contributed by atoms with Crippen LogP contribution in [0.25, 0.3) is 11.4 Å². The molecule has 3 aromatic rings. The monoisotopic (exact) mass is 758 g/mol. The van der Waals surface area contributed by atoms with Crippen molar-refractivity contribution in [2.24, 2.45) is 0 Å². The van der Waals surface area contributed by atoms with Crippen LogP contribution in [0, 0.1) is 0 Å². The number of aromatic nitrogens is 4. The molecule has 4 heterocycles. The van der Waals surface area contributed by atoms with Gasteiger partial charge in [0.2, 0.25) is 37.8 Å². The van der Waals surface area contributed by atoms with Crippen LogP contribution in [0.1, 0.15) is 67.0 Å². The van der Waals surface area contributed by atoms with Crippen LogP contribution in [0.4, 0.5) is 19.7 Å². The Morgan fingerprint density at radius 2 is 1.34 bits per heavy atom. The molecule has 2 aliphatic rings. The van der Waals surface area contributed by atoms with Gasteiger partial charge in [-0.05, 0) is 58.1 Å². The standard InChI is InChI=1S/C16H20FN5O3S.C15H24FN3O3S2/c1-16(2,26(24,25)22-9-8-12(17)10-22)14(23)19-15-18-13(20-21-15)11-6-4-3-5-7-11;1-14(2,3)11-8-12(23-18-11)17-13(20)15(4,5)24(21,22)19-7-6-10(16)9-19/h3-7,12H,8-10H2,1-2H3,(H2,18,19,20,21,23);8,10H,6-7,9H2,1-5H3,(H,17,20). The van der Waals surface area contributed by atoms with Crippen LogP contribution in [0.15, 0.2) is 36.4 Å². The summed E-state index contributed by atoms with van der Waals surface area (Å²) < 4.78 is 80.4. The first kappa shape index (κ1) is 39.4. The number of carbonyl (C=O) groups excluding carboxylic acids is 2. The first-order valence-corrected chi connectivity index (χ1v) is 19.6. The fourth-order valence-electron chi connectivity index (χ4n) is 4.94. The maximum Gasteiger partial charge on any atom is 0.249 e. The van der Waals surface area contributed by atoms with Crippen molar-refractivity contribution in [3.63, 3.8) is 0 Å². The average molecular weight is 759 g/mol. The first-order valence-electron chi connectivity index (χ1n) is 15.9. The lowest BCUT2D eigenvalue weighted by Crippen LogP contribution is -2.51. The van der Waals surface area contributed by atoms with Crippen LogP contribution in [0.2, 0.25) is 0 Å². The molecule has 19 heteroatoms. The van der Waals surface area contributed by atoms with Gasteiger partial charge in [-0.25, -0.2) is 25.6 Å². The SMILES string of the molecule is CC(C)(C(=O)Nc1n[nH]c(-c2ccccc2)n1)S(=O)(=O)N1CCC(F)C1.CC(C)(C)c1cc(NC(=O)C(C)(C)S(=O)(=O)N2CCC(F)C2)sn1. The summed E-state index contributed by atoms with van der Waals surface area (Å²) >= 11 is 1.11. The lowest BCUT2D eigenvalue weighted by atomic mass is 9.92. The van der Waals surface area contributed by atoms with Gasteiger partial charge in [0.15, 0.2) is 15.3 Å². The fourth-order valence-corrected chi connectivity index (χ4v) is 9.03. The number of alkyl halides is 2. The van der Waals surface area contributed by atoms with E-state index in [0.29, 0.717) is 10.8 Å². The second-order valence-corrected chi connectivity index (χ2v) is 19.9. The van der Waals surface area contributed by atoms with E-state index < -0.39 is 53.7 Å². The van der Waals surface area contributed by atoms with E-state index in [0.717, 1.165) is 31.4 Å². The zero-order valence-corrected chi connectivity index (χ0v) is 31.5. The summed E-state index contributed by atoms with van der Waals surface area (Å²) in [5.41, 5.74) is 1.44. The highest BCUT2D eigenvalue weighted by Gasteiger charge is 2.49. The Balaban J connectivity index is 0.000000226. The Morgan fingerprint density at radius 1 is 0.840 bits per heavy atom. The van der Waals surface area contributed by atoms with E-state index in [4.69, 9.17) is 0 Å². The van der Waals surface area contributed by atoms with Crippen molar-refractivity contribution in [2.75, 3.05) is 36.8 Å². The fraction of sp³-hybridized carbons (Fsp3) is 0.581. The van der Waals surface area contributed by atoms with Gasteiger partial charge < -0.3 is 5.32 Å². The molecule has 0 radical (unpaired) electrons. The number of hydrogen-bond donors (Lipinski definition) is 3. The molecule has 3 N–H and O–H groups in total. The van der Waals surface area contributed by atoms with Crippen LogP contribution in [-0.4, -0.2) is 105 Å². The summed E-state index contributed by atoms with van der Waals surface area (Å²) in [6.45, 7) is 11.0. The van der Waals surface area contributed by atoms with E-state index in [9.17, 15) is 35.2 Å². The number of carbonyl (C=O) groups is 2. The maximum absolute atomic E-state index is 13.4. The zero-order valence-electron chi connectivity index (χ0n) is 29.0. The molecular formula is C31H44F2N8O6S3. The number of H-pyrrole nitrogens is 1. The molecule has 2 amide bonds. The van der Waals surface area contributed by atoms with E-state index in [-0.39, 0.29) is 50.4 Å². The van der Waals surface area contributed by atoms with Crippen molar-refractivity contribution in [3.8, 4) is 11.4 Å². The third-order valence-corrected chi connectivity index (χ3v) is 14.2. The second-order valence-electron chi connectivity index (χ2n) is 14.1. The van der Waals surface area contributed by atoms with Crippen molar-refractivity contribution in [3.05, 3.63) is 42.1 Å². The summed E-state index contributed by atoms with van der Waals surface area (Å²) in [5, 5.41) is 12.1. The van der Waals surface area contributed by atoms with E-state index in [1.54, 1.807) is 6.07 Å². The molecule has 50 heavy (non-hydrogen) atoms. The Labute approximate surface area is 295 Å². The minimum absolute atomic E-state index is 0.0260. The number of rotatable bonds is 9. The summed E-state index contributed by atoms with van der Waals surface area (Å²) in [7, 11) is -7.97. The highest BCUT2D eigenvalue weighted by atomic mass is 32.2. The van der Waals surface area contributed by atoms with E-state index >= 15 is 0 Å². The van der Waals surface area contributed by atoms with E-state index in [1.165, 1.54) is 27.7 Å². The topological polar surface area (TPSA) is 187 Å². The number of halogens is 2. The van der Waals surface area contributed by atoms with Gasteiger partial charge in [-0.2, -0.15) is 18.0 Å². The average Bonchev–Trinajstić information content (AvgIpc) is 3.86. The van der Waals surface area contributed by atoms with Crippen LogP contribution in [0.5, 0.6) is 0 Å². The van der Waals surface area contributed by atoms with Gasteiger partial charge in [0, 0.05) is 37.2 Å². The minimum atomic E-state index is -4.02. The third-order valence-electron chi connectivity index (χ3n) is 8.52. The molecular weight excluding hydrogens is 715 g/mol. The van der Waals surface area contributed by atoms with Gasteiger partial charge >= 0.3 is 0 Å². The summed E-state index contributed by atoms with van der Waals surface area (Å²) in [6.07, 6.45) is -2.07. The van der Waals surface area contributed by atoms with Gasteiger partial charge in [0.1, 0.15) is 17.3 Å². The molecule has 0 aliphatic carbocycles. The Morgan fingerprint density at radius 3 is 1.78 bits per heavy atom. The number of benzene rings is 1. The van der Waals surface area contributed by atoms with E-state index in [1.807, 2.05) is 51.1 Å². The molecule has 5 rings (SSSR count). The maximum atomic E-state index is 13.4. The lowest BCUT2D eigenvalue weighted by Gasteiger charge is -2.28. The van der Waals surface area contributed by atoms with Crippen molar-refractivity contribution in [2.45, 2.75) is 88.6 Å². The number of amides is 2. The van der Waals surface area contributed by atoms with Crippen LogP contribution < -0.4 is 10.6 Å². The summed E-state index contributed by atoms with van der Waals surface area (Å²) in [4.78, 5) is 29.3. The Hall–Kier alpha value is -3.39. The molecule has 1 aromatic carbocycles. The molecule has 14 nitrogen and oxygen atoms in total. The van der Waals surface area contributed by atoms with Crippen LogP contribution >= 0.6 is 11.5 Å². The number of nitrogens with one attached hydrogen (secondary N) is 3. The number of aromatic amines is 1. The molecule has 0 spiro atoms. The molecule has 2 unspecified atom stereocenters. The van der Waals surface area contributed by atoms with Gasteiger partial charge in [-0.1, -0.05) is 51.1 Å². The zero-order chi connectivity index (χ0) is 37.3. The molecule has 276 valence electrons. The normalized spacial score (nSPS) is 19.5. The molecule has 2 aromatic heterocycles. The Kier molecular flexibility index (Phi) is 11.6. The van der Waals surface area contributed by atoms with Crippen molar-refractivity contribution in [1.29, 1.82) is 0 Å². The molecule has 2 fully saturated rings. The Bertz CT molecular complexity index is 1890. The van der Waals surface area contributed by atoms with Crippen molar-refractivity contribution >= 4 is 54.3 Å². The number of anilines is 2. The van der Waals surface area contributed by atoms with E-state index in [2.05, 4.69) is 30.2 Å². The highest BCUT2D eigenvalue weighted by Crippen LogP contribution is 2.31. The molecule has 0 saturated carbocycles. The lowest BCUT2D eigenvalue weighted by molar-refractivity contribution is -0.118. The number of hydrogen-bond acceptors (Lipinski definition) is 10. The molecule has 2 aliphatic heterocycles.